The molecule has 1 unspecified atom stereocenters. The second-order valence-electron chi connectivity index (χ2n) is 5.38. The second kappa shape index (κ2) is 11.8. The van der Waals surface area contributed by atoms with E-state index < -0.39 is 6.10 Å². The van der Waals surface area contributed by atoms with Crippen LogP contribution >= 0.6 is 24.8 Å². The summed E-state index contributed by atoms with van der Waals surface area (Å²) in [6, 6.07) is 7.41. The number of benzene rings is 1. The van der Waals surface area contributed by atoms with Crippen LogP contribution in [-0.4, -0.2) is 74.0 Å². The Morgan fingerprint density at radius 2 is 1.52 bits per heavy atom. The van der Waals surface area contributed by atoms with Crippen LogP contribution in [0.5, 0.6) is 11.5 Å². The summed E-state index contributed by atoms with van der Waals surface area (Å²) in [5.74, 6) is 1.56. The van der Waals surface area contributed by atoms with Crippen LogP contribution in [0.2, 0.25) is 0 Å². The Labute approximate surface area is 151 Å². The predicted molar refractivity (Wildman–Crippen MR) is 97.5 cm³/mol. The van der Waals surface area contributed by atoms with Gasteiger partial charge in [0.1, 0.15) is 24.2 Å². The van der Waals surface area contributed by atoms with E-state index in [9.17, 15) is 5.11 Å². The summed E-state index contributed by atoms with van der Waals surface area (Å²) in [7, 11) is 1.64. The predicted octanol–water partition coefficient (Wildman–Crippen LogP) is 1.92. The third-order valence-electron chi connectivity index (χ3n) is 3.88. The minimum absolute atomic E-state index is 0. The van der Waals surface area contributed by atoms with Crippen molar-refractivity contribution >= 4 is 24.8 Å². The van der Waals surface area contributed by atoms with E-state index in [2.05, 4.69) is 16.7 Å². The SMILES string of the molecule is CCN1CCN(CC(O)COc2ccc(OC)cc2)CC1.Cl.Cl. The molecule has 0 radical (unpaired) electrons. The highest BCUT2D eigenvalue weighted by Gasteiger charge is 2.18. The monoisotopic (exact) mass is 366 g/mol. The highest BCUT2D eigenvalue weighted by atomic mass is 35.5. The van der Waals surface area contributed by atoms with Gasteiger partial charge in [0.15, 0.2) is 0 Å². The number of aliphatic hydroxyl groups excluding tert-OH is 1. The van der Waals surface area contributed by atoms with Gasteiger partial charge >= 0.3 is 0 Å². The molecule has 1 N–H and O–H groups in total. The summed E-state index contributed by atoms with van der Waals surface area (Å²) in [6.45, 7) is 8.50. The van der Waals surface area contributed by atoms with Gasteiger partial charge in [-0.3, -0.25) is 4.90 Å². The van der Waals surface area contributed by atoms with Crippen LogP contribution in [0.1, 0.15) is 6.92 Å². The maximum atomic E-state index is 10.1. The average Bonchev–Trinajstić information content (AvgIpc) is 2.54. The number of halogens is 2. The van der Waals surface area contributed by atoms with E-state index in [0.29, 0.717) is 13.2 Å². The summed E-state index contributed by atoms with van der Waals surface area (Å²) >= 11 is 0. The van der Waals surface area contributed by atoms with Gasteiger partial charge < -0.3 is 19.5 Å². The van der Waals surface area contributed by atoms with Gasteiger partial charge in [0.2, 0.25) is 0 Å². The fraction of sp³-hybridized carbons (Fsp3) is 0.625. The van der Waals surface area contributed by atoms with Crippen molar-refractivity contribution in [3.05, 3.63) is 24.3 Å². The average molecular weight is 367 g/mol. The molecule has 0 saturated carbocycles. The number of ether oxygens (including phenoxy) is 2. The lowest BCUT2D eigenvalue weighted by molar-refractivity contribution is 0.0471. The van der Waals surface area contributed by atoms with E-state index in [1.807, 2.05) is 24.3 Å². The molecule has 134 valence electrons. The standard InChI is InChI=1S/C16H26N2O3.2ClH/c1-3-17-8-10-18(11-9-17)12-14(19)13-21-16-6-4-15(20-2)5-7-16;;/h4-7,14,19H,3,8-13H2,1-2H3;2*1H. The van der Waals surface area contributed by atoms with Crippen molar-refractivity contribution in [2.45, 2.75) is 13.0 Å². The van der Waals surface area contributed by atoms with Gasteiger partial charge in [-0.2, -0.15) is 0 Å². The lowest BCUT2D eigenvalue weighted by atomic mass is 10.2. The quantitative estimate of drug-likeness (QED) is 0.798. The van der Waals surface area contributed by atoms with Crippen molar-refractivity contribution in [3.63, 3.8) is 0 Å². The van der Waals surface area contributed by atoms with Crippen LogP contribution in [-0.2, 0) is 0 Å². The number of hydrogen-bond donors (Lipinski definition) is 1. The topological polar surface area (TPSA) is 45.2 Å². The summed E-state index contributed by atoms with van der Waals surface area (Å²) in [4.78, 5) is 4.73. The Morgan fingerprint density at radius 1 is 1.00 bits per heavy atom. The van der Waals surface area contributed by atoms with Crippen LogP contribution in [0.25, 0.3) is 0 Å². The van der Waals surface area contributed by atoms with Crippen molar-refractivity contribution in [3.8, 4) is 11.5 Å². The van der Waals surface area contributed by atoms with Crippen LogP contribution in [0, 0.1) is 0 Å². The van der Waals surface area contributed by atoms with Crippen molar-refractivity contribution in [1.29, 1.82) is 0 Å². The molecule has 1 aliphatic rings. The van der Waals surface area contributed by atoms with Gasteiger partial charge in [-0.05, 0) is 30.8 Å². The van der Waals surface area contributed by atoms with Gasteiger partial charge in [0.05, 0.1) is 7.11 Å². The molecular weight excluding hydrogens is 339 g/mol. The van der Waals surface area contributed by atoms with Crippen LogP contribution in [0.3, 0.4) is 0 Å². The Kier molecular flexibility index (Phi) is 11.4. The maximum absolute atomic E-state index is 10.1. The minimum Gasteiger partial charge on any atom is -0.497 e. The van der Waals surface area contributed by atoms with Gasteiger partial charge in [-0.15, -0.1) is 24.8 Å². The molecule has 1 aliphatic heterocycles. The van der Waals surface area contributed by atoms with Crippen LogP contribution in [0.15, 0.2) is 24.3 Å². The Balaban J connectivity index is 0.00000242. The Morgan fingerprint density at radius 3 is 2.04 bits per heavy atom. The third-order valence-corrected chi connectivity index (χ3v) is 3.88. The van der Waals surface area contributed by atoms with Crippen molar-refractivity contribution in [2.24, 2.45) is 0 Å². The van der Waals surface area contributed by atoms with Gasteiger partial charge in [-0.1, -0.05) is 6.92 Å². The zero-order chi connectivity index (χ0) is 15.1. The van der Waals surface area contributed by atoms with E-state index in [0.717, 1.165) is 44.2 Å². The number of piperazine rings is 1. The van der Waals surface area contributed by atoms with Gasteiger partial charge in [-0.25, -0.2) is 0 Å². The smallest absolute Gasteiger partial charge is 0.119 e. The minimum atomic E-state index is -0.458. The molecule has 1 heterocycles. The first-order valence-electron chi connectivity index (χ1n) is 7.61. The summed E-state index contributed by atoms with van der Waals surface area (Å²) in [5, 5.41) is 10.1. The molecule has 1 aromatic carbocycles. The number of methoxy groups -OCH3 is 1. The molecule has 2 rings (SSSR count). The normalized spacial score (nSPS) is 16.8. The Hall–Kier alpha value is -0.720. The zero-order valence-electron chi connectivity index (χ0n) is 13.8. The first-order chi connectivity index (χ1) is 10.2. The van der Waals surface area contributed by atoms with E-state index in [1.165, 1.54) is 0 Å². The summed E-state index contributed by atoms with van der Waals surface area (Å²) < 4.78 is 10.7. The number of β-amino-alcohol motifs (C(OH)–C–C–N with tert-alkyl or cyclic N) is 1. The lowest BCUT2D eigenvalue weighted by Gasteiger charge is -2.34. The van der Waals surface area contributed by atoms with Gasteiger partial charge in [0.25, 0.3) is 0 Å². The molecule has 23 heavy (non-hydrogen) atoms. The molecule has 1 saturated heterocycles. The maximum Gasteiger partial charge on any atom is 0.119 e. The Bertz CT molecular complexity index is 412. The van der Waals surface area contributed by atoms with Gasteiger partial charge in [0, 0.05) is 32.7 Å². The molecule has 5 nitrogen and oxygen atoms in total. The van der Waals surface area contributed by atoms with E-state index in [-0.39, 0.29) is 24.8 Å². The fourth-order valence-electron chi connectivity index (χ4n) is 2.50. The van der Waals surface area contributed by atoms with E-state index in [4.69, 9.17) is 9.47 Å². The first-order valence-corrected chi connectivity index (χ1v) is 7.61. The lowest BCUT2D eigenvalue weighted by Crippen LogP contribution is -2.49. The number of rotatable bonds is 7. The molecule has 1 atom stereocenters. The highest BCUT2D eigenvalue weighted by molar-refractivity contribution is 5.85. The van der Waals surface area contributed by atoms with Crippen LogP contribution < -0.4 is 9.47 Å². The summed E-state index contributed by atoms with van der Waals surface area (Å²) in [5.41, 5.74) is 0. The highest BCUT2D eigenvalue weighted by Crippen LogP contribution is 2.17. The molecule has 7 heteroatoms. The third kappa shape index (κ3) is 7.59. The van der Waals surface area contributed by atoms with Crippen LogP contribution in [0.4, 0.5) is 0 Å². The largest absolute Gasteiger partial charge is 0.497 e. The van der Waals surface area contributed by atoms with E-state index in [1.54, 1.807) is 7.11 Å². The molecule has 0 bridgehead atoms. The molecule has 0 spiro atoms. The molecule has 1 fully saturated rings. The fourth-order valence-corrected chi connectivity index (χ4v) is 2.50. The molecule has 0 aliphatic carbocycles. The van der Waals surface area contributed by atoms with Crippen molar-refractivity contribution in [1.82, 2.24) is 9.80 Å². The molecule has 0 aromatic heterocycles. The summed E-state index contributed by atoms with van der Waals surface area (Å²) in [6.07, 6.45) is -0.458. The van der Waals surface area contributed by atoms with Crippen molar-refractivity contribution in [2.75, 3.05) is 53.0 Å². The number of hydrogen-bond acceptors (Lipinski definition) is 5. The zero-order valence-corrected chi connectivity index (χ0v) is 15.4. The number of likely N-dealkylation sites (N-methyl/N-ethyl adjacent to an activating group) is 1. The molecule has 0 amide bonds. The van der Waals surface area contributed by atoms with E-state index >= 15 is 0 Å². The van der Waals surface area contributed by atoms with Crippen molar-refractivity contribution < 1.29 is 14.6 Å². The number of nitrogens with zero attached hydrogens (tertiary/aromatic N) is 2. The second-order valence-corrected chi connectivity index (χ2v) is 5.38. The first kappa shape index (κ1) is 22.3. The number of aliphatic hydroxyl groups is 1. The molecular formula is C16H28Cl2N2O3. The molecule has 1 aromatic rings.